The molecule has 0 aliphatic heterocycles. The van der Waals surface area contributed by atoms with Gasteiger partial charge in [-0.3, -0.25) is 19.0 Å². The molecule has 0 atom stereocenters. The number of para-hydroxylation sites is 1. The van der Waals surface area contributed by atoms with Crippen molar-refractivity contribution < 1.29 is 19.1 Å². The number of carbonyl (C=O) groups is 2. The highest BCUT2D eigenvalue weighted by Crippen LogP contribution is 2.18. The molecular formula is C18H23N3O5S. The van der Waals surface area contributed by atoms with Crippen molar-refractivity contribution in [1.29, 1.82) is 0 Å². The van der Waals surface area contributed by atoms with Crippen LogP contribution < -0.4 is 10.9 Å². The molecule has 0 aliphatic carbocycles. The van der Waals surface area contributed by atoms with Crippen LogP contribution in [0.25, 0.3) is 10.9 Å². The summed E-state index contributed by atoms with van der Waals surface area (Å²) < 4.78 is 11.0. The van der Waals surface area contributed by atoms with Gasteiger partial charge in [0.25, 0.3) is 5.56 Å². The van der Waals surface area contributed by atoms with E-state index in [1.807, 2.05) is 0 Å². The number of thioether (sulfide) groups is 1. The number of esters is 1. The van der Waals surface area contributed by atoms with Crippen LogP contribution in [-0.2, 0) is 25.6 Å². The normalized spacial score (nSPS) is 10.7. The fraction of sp³-hybridized carbons (Fsp3) is 0.444. The molecule has 0 fully saturated rings. The standard InChI is InChI=1S/C18H23N3O5S/c1-25-11-5-9-19-15(22)12-27-18-20-14-7-4-3-6-13(14)17(24)21(18)10-8-16(23)26-2/h3-4,6-7H,5,8-12H2,1-2H3,(H,19,22). The molecule has 2 rings (SSSR count). The monoisotopic (exact) mass is 393 g/mol. The number of fused-ring (bicyclic) bond motifs is 1. The summed E-state index contributed by atoms with van der Waals surface area (Å²) in [4.78, 5) is 40.7. The maximum atomic E-state index is 12.8. The maximum absolute atomic E-state index is 12.8. The first-order valence-electron chi connectivity index (χ1n) is 8.51. The van der Waals surface area contributed by atoms with Crippen molar-refractivity contribution in [3.63, 3.8) is 0 Å². The van der Waals surface area contributed by atoms with Crippen LogP contribution >= 0.6 is 11.8 Å². The maximum Gasteiger partial charge on any atom is 0.307 e. The van der Waals surface area contributed by atoms with Gasteiger partial charge in [-0.15, -0.1) is 0 Å². The van der Waals surface area contributed by atoms with Gasteiger partial charge in [0, 0.05) is 26.8 Å². The van der Waals surface area contributed by atoms with E-state index in [2.05, 4.69) is 15.0 Å². The minimum absolute atomic E-state index is 0.0488. The van der Waals surface area contributed by atoms with Crippen LogP contribution in [-0.4, -0.2) is 54.6 Å². The summed E-state index contributed by atoms with van der Waals surface area (Å²) in [6, 6.07) is 6.99. The molecule has 0 radical (unpaired) electrons. The third kappa shape index (κ3) is 6.07. The van der Waals surface area contributed by atoms with Crippen LogP contribution in [0.5, 0.6) is 0 Å². The molecular weight excluding hydrogens is 370 g/mol. The number of nitrogens with one attached hydrogen (secondary N) is 1. The van der Waals surface area contributed by atoms with E-state index in [1.54, 1.807) is 31.4 Å². The van der Waals surface area contributed by atoms with E-state index in [0.29, 0.717) is 29.2 Å². The summed E-state index contributed by atoms with van der Waals surface area (Å²) in [5.74, 6) is -0.448. The van der Waals surface area contributed by atoms with Gasteiger partial charge in [0.05, 0.1) is 30.2 Å². The lowest BCUT2D eigenvalue weighted by atomic mass is 10.2. The van der Waals surface area contributed by atoms with E-state index in [9.17, 15) is 14.4 Å². The van der Waals surface area contributed by atoms with E-state index >= 15 is 0 Å². The first-order valence-corrected chi connectivity index (χ1v) is 9.50. The Labute approximate surface area is 161 Å². The van der Waals surface area contributed by atoms with Crippen LogP contribution in [0.15, 0.2) is 34.2 Å². The second-order valence-electron chi connectivity index (χ2n) is 5.68. The molecule has 27 heavy (non-hydrogen) atoms. The molecule has 1 aromatic carbocycles. The number of aromatic nitrogens is 2. The van der Waals surface area contributed by atoms with Crippen LogP contribution in [0.2, 0.25) is 0 Å². The molecule has 0 saturated carbocycles. The van der Waals surface area contributed by atoms with Gasteiger partial charge >= 0.3 is 5.97 Å². The number of rotatable bonds is 10. The Bertz CT molecular complexity index is 852. The van der Waals surface area contributed by atoms with E-state index in [0.717, 1.165) is 18.2 Å². The SMILES string of the molecule is COCCCNC(=O)CSc1nc2ccccc2c(=O)n1CCC(=O)OC. The lowest BCUT2D eigenvalue weighted by Crippen LogP contribution is -2.28. The molecule has 2 aromatic rings. The Balaban J connectivity index is 2.16. The average Bonchev–Trinajstić information content (AvgIpc) is 2.68. The highest BCUT2D eigenvalue weighted by atomic mass is 32.2. The number of ether oxygens (including phenoxy) is 2. The molecule has 1 aromatic heterocycles. The lowest BCUT2D eigenvalue weighted by Gasteiger charge is -2.12. The average molecular weight is 393 g/mol. The zero-order chi connectivity index (χ0) is 19.6. The molecule has 9 heteroatoms. The number of hydrogen-bond donors (Lipinski definition) is 1. The fourth-order valence-electron chi connectivity index (χ4n) is 2.39. The van der Waals surface area contributed by atoms with Gasteiger partial charge in [-0.1, -0.05) is 23.9 Å². The van der Waals surface area contributed by atoms with Crippen molar-refractivity contribution in [2.45, 2.75) is 24.5 Å². The first-order chi connectivity index (χ1) is 13.1. The molecule has 0 saturated heterocycles. The van der Waals surface area contributed by atoms with Crippen molar-refractivity contribution in [3.05, 3.63) is 34.6 Å². The molecule has 0 unspecified atom stereocenters. The Kier molecular flexibility index (Phi) is 8.28. The third-order valence-corrected chi connectivity index (χ3v) is 4.75. The van der Waals surface area contributed by atoms with Crippen LogP contribution in [0.3, 0.4) is 0 Å². The number of nitrogens with zero attached hydrogens (tertiary/aromatic N) is 2. The van der Waals surface area contributed by atoms with Gasteiger partial charge in [-0.25, -0.2) is 4.98 Å². The lowest BCUT2D eigenvalue weighted by molar-refractivity contribution is -0.140. The Morgan fingerprint density at radius 1 is 1.26 bits per heavy atom. The van der Waals surface area contributed by atoms with Gasteiger partial charge in [0.15, 0.2) is 5.16 Å². The molecule has 1 heterocycles. The van der Waals surface area contributed by atoms with E-state index in [1.165, 1.54) is 11.7 Å². The van der Waals surface area contributed by atoms with E-state index in [-0.39, 0.29) is 30.2 Å². The van der Waals surface area contributed by atoms with Crippen molar-refractivity contribution in [2.24, 2.45) is 0 Å². The highest BCUT2D eigenvalue weighted by Gasteiger charge is 2.14. The minimum Gasteiger partial charge on any atom is -0.469 e. The van der Waals surface area contributed by atoms with Gasteiger partial charge in [-0.05, 0) is 18.6 Å². The quantitative estimate of drug-likeness (QED) is 0.280. The molecule has 1 N–H and O–H groups in total. The third-order valence-electron chi connectivity index (χ3n) is 3.77. The van der Waals surface area contributed by atoms with Crippen LogP contribution in [0.4, 0.5) is 0 Å². The number of carbonyl (C=O) groups excluding carboxylic acids is 2. The Morgan fingerprint density at radius 3 is 2.78 bits per heavy atom. The second-order valence-corrected chi connectivity index (χ2v) is 6.62. The zero-order valence-electron chi connectivity index (χ0n) is 15.4. The van der Waals surface area contributed by atoms with Gasteiger partial charge in [0.2, 0.25) is 5.91 Å². The second kappa shape index (κ2) is 10.7. The van der Waals surface area contributed by atoms with Crippen LogP contribution in [0.1, 0.15) is 12.8 Å². The predicted octanol–water partition coefficient (Wildman–Crippen LogP) is 1.20. The van der Waals surface area contributed by atoms with Gasteiger partial charge in [-0.2, -0.15) is 0 Å². The summed E-state index contributed by atoms with van der Waals surface area (Å²) in [6.07, 6.45) is 0.776. The molecule has 0 spiro atoms. The number of hydrogen-bond acceptors (Lipinski definition) is 7. The van der Waals surface area contributed by atoms with Crippen molar-refractivity contribution >= 4 is 34.5 Å². The summed E-state index contributed by atoms with van der Waals surface area (Å²) >= 11 is 1.16. The smallest absolute Gasteiger partial charge is 0.307 e. The summed E-state index contributed by atoms with van der Waals surface area (Å²) in [6.45, 7) is 1.24. The van der Waals surface area contributed by atoms with Crippen molar-refractivity contribution in [1.82, 2.24) is 14.9 Å². The van der Waals surface area contributed by atoms with Crippen molar-refractivity contribution in [3.8, 4) is 0 Å². The predicted molar refractivity (Wildman–Crippen MR) is 103 cm³/mol. The largest absolute Gasteiger partial charge is 0.469 e. The van der Waals surface area contributed by atoms with Gasteiger partial charge in [0.1, 0.15) is 0 Å². The summed E-state index contributed by atoms with van der Waals surface area (Å²) in [5.41, 5.74) is 0.312. The highest BCUT2D eigenvalue weighted by molar-refractivity contribution is 7.99. The Morgan fingerprint density at radius 2 is 2.04 bits per heavy atom. The van der Waals surface area contributed by atoms with Crippen molar-refractivity contribution in [2.75, 3.05) is 33.1 Å². The van der Waals surface area contributed by atoms with E-state index in [4.69, 9.17) is 4.74 Å². The first kappa shape index (κ1) is 20.9. The topological polar surface area (TPSA) is 99.5 Å². The molecule has 0 bridgehead atoms. The van der Waals surface area contributed by atoms with E-state index < -0.39 is 5.97 Å². The molecule has 146 valence electrons. The minimum atomic E-state index is -0.415. The Hall–Kier alpha value is -2.39. The zero-order valence-corrected chi connectivity index (χ0v) is 16.2. The molecule has 0 aliphatic rings. The molecule has 8 nitrogen and oxygen atoms in total. The fourth-order valence-corrected chi connectivity index (χ4v) is 3.24. The van der Waals surface area contributed by atoms with Gasteiger partial charge < -0.3 is 14.8 Å². The summed E-state index contributed by atoms with van der Waals surface area (Å²) in [7, 11) is 2.91. The van der Waals surface area contributed by atoms with Crippen LogP contribution in [0, 0.1) is 0 Å². The number of methoxy groups -OCH3 is 2. The summed E-state index contributed by atoms with van der Waals surface area (Å²) in [5, 5.41) is 3.66. The molecule has 1 amide bonds. The number of amides is 1. The number of benzene rings is 1.